The fourth-order valence-corrected chi connectivity index (χ4v) is 3.92. The van der Waals surface area contributed by atoms with E-state index in [0.717, 1.165) is 38.0 Å². The van der Waals surface area contributed by atoms with Gasteiger partial charge in [-0.2, -0.15) is 0 Å². The summed E-state index contributed by atoms with van der Waals surface area (Å²) in [5.74, 6) is 0.0550. The summed E-state index contributed by atoms with van der Waals surface area (Å²) < 4.78 is 0.647. The summed E-state index contributed by atoms with van der Waals surface area (Å²) in [6.45, 7) is 2.51. The minimum Gasteiger partial charge on any atom is -0.329 e. The first-order chi connectivity index (χ1) is 11.2. The minimum atomic E-state index is 0.0550. The molecule has 0 aromatic carbocycles. The zero-order valence-corrected chi connectivity index (χ0v) is 14.4. The predicted molar refractivity (Wildman–Crippen MR) is 93.9 cm³/mol. The maximum atomic E-state index is 13.0. The van der Waals surface area contributed by atoms with Gasteiger partial charge in [-0.3, -0.25) is 9.78 Å². The van der Waals surface area contributed by atoms with E-state index in [-0.39, 0.29) is 11.9 Å². The molecule has 1 fully saturated rings. The second-order valence-corrected chi connectivity index (χ2v) is 7.41. The van der Waals surface area contributed by atoms with Crippen molar-refractivity contribution in [2.75, 3.05) is 13.1 Å². The fraction of sp³-hybridized carbons (Fsp3) is 0.412. The molecule has 3 heterocycles. The molecule has 0 bridgehead atoms. The Morgan fingerprint density at radius 3 is 2.96 bits per heavy atom. The van der Waals surface area contributed by atoms with E-state index in [2.05, 4.69) is 10.3 Å². The zero-order chi connectivity index (χ0) is 16.1. The van der Waals surface area contributed by atoms with Crippen molar-refractivity contribution in [1.82, 2.24) is 15.2 Å². The Balaban J connectivity index is 1.84. The third-order valence-electron chi connectivity index (χ3n) is 4.09. The summed E-state index contributed by atoms with van der Waals surface area (Å²) >= 11 is 7.35. The first-order valence-corrected chi connectivity index (χ1v) is 9.10. The monoisotopic (exact) mass is 349 g/mol. The van der Waals surface area contributed by atoms with Gasteiger partial charge in [-0.25, -0.2) is 0 Å². The molecule has 23 heavy (non-hydrogen) atoms. The lowest BCUT2D eigenvalue weighted by Crippen LogP contribution is -2.40. The molecule has 1 unspecified atom stereocenters. The average molecular weight is 350 g/mol. The Bertz CT molecular complexity index is 638. The van der Waals surface area contributed by atoms with Crippen LogP contribution in [0, 0.1) is 0 Å². The standard InChI is InChI=1S/C17H20ClN3OS/c18-16-7-6-15(23-16)17(22)21(12-13-4-1-2-10-20-13)14-5-3-9-19-11-8-14/h1-2,4,6-7,10,14,19H,3,5,8-9,11-12H2. The number of hydrogen-bond acceptors (Lipinski definition) is 4. The number of nitrogens with one attached hydrogen (secondary N) is 1. The number of rotatable bonds is 4. The van der Waals surface area contributed by atoms with Crippen LogP contribution in [0.2, 0.25) is 4.34 Å². The molecule has 1 aliphatic heterocycles. The van der Waals surface area contributed by atoms with Gasteiger partial charge in [-0.1, -0.05) is 17.7 Å². The Kier molecular flexibility index (Phi) is 5.65. The van der Waals surface area contributed by atoms with Crippen molar-refractivity contribution in [3.05, 3.63) is 51.4 Å². The molecule has 2 aromatic heterocycles. The summed E-state index contributed by atoms with van der Waals surface area (Å²) in [6.07, 6.45) is 4.85. The van der Waals surface area contributed by atoms with Gasteiger partial charge in [0.05, 0.1) is 21.5 Å². The van der Waals surface area contributed by atoms with Gasteiger partial charge in [0.1, 0.15) is 0 Å². The van der Waals surface area contributed by atoms with Gasteiger partial charge in [-0.15, -0.1) is 11.3 Å². The highest BCUT2D eigenvalue weighted by Gasteiger charge is 2.27. The highest BCUT2D eigenvalue weighted by atomic mass is 35.5. The second-order valence-electron chi connectivity index (χ2n) is 5.69. The van der Waals surface area contributed by atoms with Gasteiger partial charge in [0.15, 0.2) is 0 Å². The summed E-state index contributed by atoms with van der Waals surface area (Å²) in [5.41, 5.74) is 0.917. The van der Waals surface area contributed by atoms with Crippen LogP contribution >= 0.6 is 22.9 Å². The molecule has 0 radical (unpaired) electrons. The summed E-state index contributed by atoms with van der Waals surface area (Å²) in [4.78, 5) is 20.1. The third kappa shape index (κ3) is 4.31. The second kappa shape index (κ2) is 7.90. The zero-order valence-electron chi connectivity index (χ0n) is 12.9. The molecule has 1 atom stereocenters. The van der Waals surface area contributed by atoms with Crippen LogP contribution in [0.3, 0.4) is 0 Å². The van der Waals surface area contributed by atoms with E-state index < -0.39 is 0 Å². The van der Waals surface area contributed by atoms with Crippen LogP contribution in [-0.2, 0) is 6.54 Å². The molecule has 6 heteroatoms. The number of hydrogen-bond donors (Lipinski definition) is 1. The number of pyridine rings is 1. The van der Waals surface area contributed by atoms with Crippen LogP contribution in [0.5, 0.6) is 0 Å². The van der Waals surface area contributed by atoms with Crippen molar-refractivity contribution >= 4 is 28.8 Å². The Morgan fingerprint density at radius 1 is 1.30 bits per heavy atom. The van der Waals surface area contributed by atoms with Gasteiger partial charge < -0.3 is 10.2 Å². The number of carbonyl (C=O) groups is 1. The van der Waals surface area contributed by atoms with Crippen molar-refractivity contribution < 1.29 is 4.79 Å². The Hall–Kier alpha value is -1.43. The molecule has 3 rings (SSSR count). The van der Waals surface area contributed by atoms with Crippen LogP contribution < -0.4 is 5.32 Å². The molecule has 0 aliphatic carbocycles. The molecule has 1 aliphatic rings. The van der Waals surface area contributed by atoms with Crippen molar-refractivity contribution in [2.45, 2.75) is 31.8 Å². The van der Waals surface area contributed by atoms with Gasteiger partial charge in [0, 0.05) is 12.2 Å². The van der Waals surface area contributed by atoms with E-state index >= 15 is 0 Å². The van der Waals surface area contributed by atoms with Crippen molar-refractivity contribution in [3.63, 3.8) is 0 Å². The molecule has 0 saturated carbocycles. The molecular formula is C17H20ClN3OS. The molecule has 1 N–H and O–H groups in total. The SMILES string of the molecule is O=C(c1ccc(Cl)s1)N(Cc1ccccn1)C1CCCNCC1. The lowest BCUT2D eigenvalue weighted by atomic mass is 10.1. The van der Waals surface area contributed by atoms with E-state index in [0.29, 0.717) is 15.8 Å². The lowest BCUT2D eigenvalue weighted by Gasteiger charge is -2.30. The first kappa shape index (κ1) is 16.4. The van der Waals surface area contributed by atoms with Crippen molar-refractivity contribution in [1.29, 1.82) is 0 Å². The van der Waals surface area contributed by atoms with E-state index in [1.807, 2.05) is 29.2 Å². The van der Waals surface area contributed by atoms with E-state index in [9.17, 15) is 4.79 Å². The Morgan fingerprint density at radius 2 is 2.22 bits per heavy atom. The summed E-state index contributed by atoms with van der Waals surface area (Å²) in [6, 6.07) is 9.66. The molecular weight excluding hydrogens is 330 g/mol. The van der Waals surface area contributed by atoms with Gasteiger partial charge >= 0.3 is 0 Å². The van der Waals surface area contributed by atoms with E-state index in [1.165, 1.54) is 11.3 Å². The van der Waals surface area contributed by atoms with Crippen molar-refractivity contribution in [3.8, 4) is 0 Å². The normalized spacial score (nSPS) is 18.4. The van der Waals surface area contributed by atoms with Crippen LogP contribution in [0.15, 0.2) is 36.5 Å². The highest BCUT2D eigenvalue weighted by molar-refractivity contribution is 7.17. The Labute approximate surface area is 145 Å². The highest BCUT2D eigenvalue weighted by Crippen LogP contribution is 2.26. The topological polar surface area (TPSA) is 45.2 Å². The smallest absolute Gasteiger partial charge is 0.264 e. The number of halogens is 1. The maximum absolute atomic E-state index is 13.0. The van der Waals surface area contributed by atoms with Crippen LogP contribution in [0.1, 0.15) is 34.6 Å². The molecule has 1 amide bonds. The number of nitrogens with zero attached hydrogens (tertiary/aromatic N) is 2. The van der Waals surface area contributed by atoms with E-state index in [4.69, 9.17) is 11.6 Å². The summed E-state index contributed by atoms with van der Waals surface area (Å²) in [7, 11) is 0. The van der Waals surface area contributed by atoms with Gasteiger partial charge in [-0.05, 0) is 56.6 Å². The molecule has 122 valence electrons. The maximum Gasteiger partial charge on any atom is 0.264 e. The number of thiophene rings is 1. The quantitative estimate of drug-likeness (QED) is 0.917. The third-order valence-corrected chi connectivity index (χ3v) is 5.31. The molecule has 2 aromatic rings. The number of aromatic nitrogens is 1. The van der Waals surface area contributed by atoms with Gasteiger partial charge in [0.2, 0.25) is 0 Å². The fourth-order valence-electron chi connectivity index (χ4n) is 2.92. The molecule has 0 spiro atoms. The van der Waals surface area contributed by atoms with Gasteiger partial charge in [0.25, 0.3) is 5.91 Å². The number of amides is 1. The van der Waals surface area contributed by atoms with Crippen LogP contribution in [0.25, 0.3) is 0 Å². The van der Waals surface area contributed by atoms with E-state index in [1.54, 1.807) is 12.3 Å². The average Bonchev–Trinajstić information content (AvgIpc) is 2.84. The molecule has 4 nitrogen and oxygen atoms in total. The summed E-state index contributed by atoms with van der Waals surface area (Å²) in [5, 5.41) is 3.41. The minimum absolute atomic E-state index is 0.0550. The lowest BCUT2D eigenvalue weighted by molar-refractivity contribution is 0.0647. The first-order valence-electron chi connectivity index (χ1n) is 7.91. The van der Waals surface area contributed by atoms with Crippen LogP contribution in [-0.4, -0.2) is 34.9 Å². The predicted octanol–water partition coefficient (Wildman–Crippen LogP) is 3.58. The molecule has 1 saturated heterocycles. The largest absolute Gasteiger partial charge is 0.329 e. The number of carbonyl (C=O) groups excluding carboxylic acids is 1. The van der Waals surface area contributed by atoms with Crippen LogP contribution in [0.4, 0.5) is 0 Å². The van der Waals surface area contributed by atoms with Crippen molar-refractivity contribution in [2.24, 2.45) is 0 Å².